The molecule has 2 atom stereocenters. The molecule has 3 heterocycles. The maximum absolute atomic E-state index is 13.1. The van der Waals surface area contributed by atoms with Crippen LogP contribution in [0.15, 0.2) is 53.5 Å². The summed E-state index contributed by atoms with van der Waals surface area (Å²) in [5, 5.41) is 14.1. The van der Waals surface area contributed by atoms with Crippen LogP contribution in [0.25, 0.3) is 22.4 Å². The lowest BCUT2D eigenvalue weighted by atomic mass is 9.95. The van der Waals surface area contributed by atoms with Gasteiger partial charge in [-0.2, -0.15) is 5.10 Å². The number of anilines is 1. The number of carbonyl (C=O) groups excluding carboxylic acids is 2. The van der Waals surface area contributed by atoms with Gasteiger partial charge in [-0.05, 0) is 61.1 Å². The van der Waals surface area contributed by atoms with E-state index in [-0.39, 0.29) is 23.6 Å². The number of fused-ring (bicyclic) bond motifs is 1. The molecule has 1 fully saturated rings. The Morgan fingerprint density at radius 3 is 2.64 bits per heavy atom. The van der Waals surface area contributed by atoms with Crippen molar-refractivity contribution in [2.75, 3.05) is 19.0 Å². The number of ether oxygens (including phenoxy) is 1. The van der Waals surface area contributed by atoms with Gasteiger partial charge in [0.2, 0.25) is 11.8 Å². The monoisotopic (exact) mass is 646 g/mol. The molecule has 45 heavy (non-hydrogen) atoms. The van der Waals surface area contributed by atoms with Gasteiger partial charge in [-0.25, -0.2) is 9.67 Å². The molecule has 0 radical (unpaired) electrons. The van der Waals surface area contributed by atoms with Gasteiger partial charge in [0.1, 0.15) is 5.56 Å². The summed E-state index contributed by atoms with van der Waals surface area (Å²) < 4.78 is 6.88. The molecule has 2 amide bonds. The number of benzene rings is 2. The quantitative estimate of drug-likeness (QED) is 0.239. The maximum Gasteiger partial charge on any atom is 0.279 e. The van der Waals surface area contributed by atoms with E-state index in [4.69, 9.17) is 32.9 Å². The van der Waals surface area contributed by atoms with Crippen molar-refractivity contribution in [2.45, 2.75) is 44.7 Å². The summed E-state index contributed by atoms with van der Waals surface area (Å²) in [5.74, 6) is 0.0583. The summed E-state index contributed by atoms with van der Waals surface area (Å²) in [6.07, 6.45) is 4.55. The SMILES string of the molecule is COc1nc(-c2cccc(-c3ccc(Cl)c(NC(=O)c4ccnn(C)c4=O)c3C)c2Cl)cc2c1C(NCC1CCC(=O)N1)CC2. The maximum atomic E-state index is 13.1. The third-order valence-electron chi connectivity index (χ3n) is 8.52. The number of hydrogen-bond acceptors (Lipinski definition) is 7. The van der Waals surface area contributed by atoms with E-state index in [9.17, 15) is 14.4 Å². The number of amides is 2. The van der Waals surface area contributed by atoms with Crippen molar-refractivity contribution < 1.29 is 14.3 Å². The van der Waals surface area contributed by atoms with Crippen LogP contribution in [0.1, 0.15) is 52.4 Å². The summed E-state index contributed by atoms with van der Waals surface area (Å²) in [4.78, 5) is 42.0. The Balaban J connectivity index is 1.31. The number of carbonyl (C=O) groups is 2. The minimum Gasteiger partial charge on any atom is -0.481 e. The highest BCUT2D eigenvalue weighted by atomic mass is 35.5. The van der Waals surface area contributed by atoms with Gasteiger partial charge < -0.3 is 20.7 Å². The van der Waals surface area contributed by atoms with E-state index < -0.39 is 11.5 Å². The Labute approximate surface area is 270 Å². The van der Waals surface area contributed by atoms with E-state index in [1.165, 1.54) is 19.3 Å². The molecule has 10 nitrogen and oxygen atoms in total. The lowest BCUT2D eigenvalue weighted by Crippen LogP contribution is -2.36. The van der Waals surface area contributed by atoms with E-state index in [0.717, 1.165) is 51.8 Å². The lowest BCUT2D eigenvalue weighted by molar-refractivity contribution is -0.119. The zero-order chi connectivity index (χ0) is 31.8. The molecule has 1 aliphatic heterocycles. The molecule has 2 unspecified atom stereocenters. The zero-order valence-electron chi connectivity index (χ0n) is 25.0. The first-order chi connectivity index (χ1) is 21.7. The van der Waals surface area contributed by atoms with E-state index in [0.29, 0.717) is 45.8 Å². The number of aromatic nitrogens is 3. The topological polar surface area (TPSA) is 127 Å². The van der Waals surface area contributed by atoms with E-state index in [1.54, 1.807) is 13.2 Å². The number of nitrogens with one attached hydrogen (secondary N) is 3. The smallest absolute Gasteiger partial charge is 0.279 e. The Hall–Kier alpha value is -4.25. The van der Waals surface area contributed by atoms with Gasteiger partial charge >= 0.3 is 0 Å². The molecule has 6 rings (SSSR count). The van der Waals surface area contributed by atoms with Gasteiger partial charge in [0.25, 0.3) is 11.5 Å². The molecular formula is C33H32Cl2N6O4. The van der Waals surface area contributed by atoms with Gasteiger partial charge in [0.15, 0.2) is 0 Å². The highest BCUT2D eigenvalue weighted by Crippen LogP contribution is 2.43. The van der Waals surface area contributed by atoms with Crippen molar-refractivity contribution in [3.8, 4) is 28.3 Å². The number of halogens is 2. The predicted molar refractivity (Wildman–Crippen MR) is 174 cm³/mol. The van der Waals surface area contributed by atoms with Crippen LogP contribution in [-0.4, -0.2) is 46.3 Å². The van der Waals surface area contributed by atoms with Crippen molar-refractivity contribution in [2.24, 2.45) is 7.05 Å². The highest BCUT2D eigenvalue weighted by Gasteiger charge is 2.30. The largest absolute Gasteiger partial charge is 0.481 e. The molecule has 4 aromatic rings. The fourth-order valence-corrected chi connectivity index (χ4v) is 6.72. The average molecular weight is 648 g/mol. The number of hydrogen-bond donors (Lipinski definition) is 3. The minimum atomic E-state index is -0.588. The Morgan fingerprint density at radius 1 is 1.09 bits per heavy atom. The van der Waals surface area contributed by atoms with E-state index in [2.05, 4.69) is 27.1 Å². The first-order valence-electron chi connectivity index (χ1n) is 14.7. The standard InChI is InChI=1S/C33H32Cl2N6O4/c1-17-20(9-10-24(34)30(17)40-31(43)23-13-14-37-41(2)33(23)44)21-5-4-6-22(29(21)35)26-15-18-7-11-25(28(18)32(39-26)45-3)36-16-19-8-12-27(42)38-19/h4-6,9-10,13-15,19,25,36H,7-8,11-12,16H2,1-3H3,(H,38,42)(H,40,43). The molecule has 12 heteroatoms. The van der Waals surface area contributed by atoms with Crippen LogP contribution < -0.4 is 26.2 Å². The lowest BCUT2D eigenvalue weighted by Gasteiger charge is -2.20. The van der Waals surface area contributed by atoms with Crippen LogP contribution in [0.4, 0.5) is 5.69 Å². The molecule has 232 valence electrons. The summed E-state index contributed by atoms with van der Waals surface area (Å²) >= 11 is 13.6. The van der Waals surface area contributed by atoms with Crippen molar-refractivity contribution in [3.05, 3.63) is 91.3 Å². The van der Waals surface area contributed by atoms with Crippen LogP contribution in [-0.2, 0) is 18.3 Å². The van der Waals surface area contributed by atoms with E-state index in [1.807, 2.05) is 31.2 Å². The molecule has 0 saturated carbocycles. The molecule has 2 aromatic heterocycles. The predicted octanol–water partition coefficient (Wildman–Crippen LogP) is 5.24. The Kier molecular flexibility index (Phi) is 8.63. The first-order valence-corrected chi connectivity index (χ1v) is 15.4. The second-order valence-electron chi connectivity index (χ2n) is 11.3. The van der Waals surface area contributed by atoms with Crippen LogP contribution in [0.3, 0.4) is 0 Å². The van der Waals surface area contributed by atoms with Gasteiger partial charge in [-0.3, -0.25) is 14.4 Å². The summed E-state index contributed by atoms with van der Waals surface area (Å²) in [6.45, 7) is 2.53. The van der Waals surface area contributed by atoms with Crippen molar-refractivity contribution in [1.29, 1.82) is 0 Å². The number of methoxy groups -OCH3 is 1. The zero-order valence-corrected chi connectivity index (χ0v) is 26.6. The number of aryl methyl sites for hydroxylation is 2. The Bertz CT molecular complexity index is 1890. The second kappa shape index (κ2) is 12.6. The van der Waals surface area contributed by atoms with Gasteiger partial charge in [0, 0.05) is 55.0 Å². The van der Waals surface area contributed by atoms with E-state index >= 15 is 0 Å². The van der Waals surface area contributed by atoms with Gasteiger partial charge in [-0.15, -0.1) is 0 Å². The Morgan fingerprint density at radius 2 is 1.89 bits per heavy atom. The molecule has 1 saturated heterocycles. The third-order valence-corrected chi connectivity index (χ3v) is 9.24. The van der Waals surface area contributed by atoms with Gasteiger partial charge in [0.05, 0.1) is 28.5 Å². The van der Waals surface area contributed by atoms with Crippen molar-refractivity contribution >= 4 is 40.7 Å². The molecule has 3 N–H and O–H groups in total. The van der Waals surface area contributed by atoms with Crippen molar-refractivity contribution in [3.63, 3.8) is 0 Å². The first kappa shape index (κ1) is 30.8. The number of pyridine rings is 1. The fraction of sp³-hybridized carbons (Fsp3) is 0.303. The molecular weight excluding hydrogens is 615 g/mol. The molecule has 0 spiro atoms. The summed E-state index contributed by atoms with van der Waals surface area (Å²) in [7, 11) is 3.10. The average Bonchev–Trinajstić information content (AvgIpc) is 3.64. The second-order valence-corrected chi connectivity index (χ2v) is 12.1. The van der Waals surface area contributed by atoms with Crippen LogP contribution in [0, 0.1) is 6.92 Å². The van der Waals surface area contributed by atoms with Crippen LogP contribution in [0.2, 0.25) is 10.0 Å². The number of rotatable bonds is 8. The van der Waals surface area contributed by atoms with Crippen molar-refractivity contribution in [1.82, 2.24) is 25.4 Å². The van der Waals surface area contributed by atoms with Crippen LogP contribution >= 0.6 is 23.2 Å². The van der Waals surface area contributed by atoms with Crippen LogP contribution in [0.5, 0.6) is 5.88 Å². The highest BCUT2D eigenvalue weighted by molar-refractivity contribution is 6.36. The molecule has 1 aliphatic carbocycles. The summed E-state index contributed by atoms with van der Waals surface area (Å²) in [5.41, 5.74) is 5.61. The number of nitrogens with zero attached hydrogens (tertiary/aromatic N) is 3. The molecule has 0 bridgehead atoms. The third kappa shape index (κ3) is 5.93. The van der Waals surface area contributed by atoms with Gasteiger partial charge in [-0.1, -0.05) is 47.5 Å². The minimum absolute atomic E-state index is 0.0484. The summed E-state index contributed by atoms with van der Waals surface area (Å²) in [6, 6.07) is 12.9. The molecule has 2 aromatic carbocycles. The normalized spacial score (nSPS) is 17.2. The molecule has 2 aliphatic rings. The fourth-order valence-electron chi connectivity index (χ4n) is 6.14.